The highest BCUT2D eigenvalue weighted by Gasteiger charge is 2.27. The first kappa shape index (κ1) is 22.8. The van der Waals surface area contributed by atoms with Crippen molar-refractivity contribution in [1.82, 2.24) is 9.97 Å². The van der Waals surface area contributed by atoms with Crippen LogP contribution in [-0.2, 0) is 6.54 Å². The van der Waals surface area contributed by atoms with Crippen LogP contribution in [0.25, 0.3) is 21.0 Å². The fourth-order valence-electron chi connectivity index (χ4n) is 4.06. The number of pyridine rings is 1. The summed E-state index contributed by atoms with van der Waals surface area (Å²) in [6, 6.07) is 23.2. The first-order chi connectivity index (χ1) is 17.2. The molecule has 176 valence electrons. The van der Waals surface area contributed by atoms with Crippen LogP contribution < -0.4 is 14.4 Å². The van der Waals surface area contributed by atoms with Crippen LogP contribution in [0.3, 0.4) is 0 Å². The molecule has 0 atom stereocenters. The molecule has 0 fully saturated rings. The summed E-state index contributed by atoms with van der Waals surface area (Å²) in [6.07, 6.45) is 1.73. The standard InChI is InChI=1S/C28H25N3O3S/c1-3-33-22-16-15-19-10-5-6-12-21(19)25(22)27(32)31(18-20-11-7-8-17-29-20)28-30-26-23(34-4-2)13-9-14-24(26)35-28/h5-17H,3-4,18H2,1-2H3. The minimum atomic E-state index is -0.187. The molecule has 1 amide bonds. The van der Waals surface area contributed by atoms with Gasteiger partial charge in [-0.3, -0.25) is 14.7 Å². The predicted octanol–water partition coefficient (Wildman–Crippen LogP) is 6.49. The number of benzene rings is 3. The number of carbonyl (C=O) groups excluding carboxylic acids is 1. The van der Waals surface area contributed by atoms with Gasteiger partial charge >= 0.3 is 0 Å². The summed E-state index contributed by atoms with van der Waals surface area (Å²) in [7, 11) is 0. The van der Waals surface area contributed by atoms with E-state index in [1.165, 1.54) is 11.3 Å². The lowest BCUT2D eigenvalue weighted by molar-refractivity contribution is 0.0983. The number of para-hydroxylation sites is 1. The molecule has 0 bridgehead atoms. The van der Waals surface area contributed by atoms with Crippen LogP contribution >= 0.6 is 11.3 Å². The molecular weight excluding hydrogens is 458 g/mol. The number of thiazole rings is 1. The minimum absolute atomic E-state index is 0.187. The molecule has 0 aliphatic heterocycles. The highest BCUT2D eigenvalue weighted by molar-refractivity contribution is 7.22. The second-order valence-electron chi connectivity index (χ2n) is 7.84. The molecule has 0 saturated carbocycles. The Kier molecular flexibility index (Phi) is 6.59. The topological polar surface area (TPSA) is 64.5 Å². The molecule has 0 unspecified atom stereocenters. The summed E-state index contributed by atoms with van der Waals surface area (Å²) in [6.45, 7) is 5.13. The van der Waals surface area contributed by atoms with Gasteiger partial charge in [-0.2, -0.15) is 0 Å². The minimum Gasteiger partial charge on any atom is -0.493 e. The Morgan fingerprint density at radius 2 is 1.69 bits per heavy atom. The third-order valence-corrected chi connectivity index (χ3v) is 6.64. The van der Waals surface area contributed by atoms with E-state index in [1.54, 1.807) is 11.1 Å². The van der Waals surface area contributed by atoms with Gasteiger partial charge in [0, 0.05) is 6.20 Å². The van der Waals surface area contributed by atoms with E-state index in [2.05, 4.69) is 4.98 Å². The molecule has 5 rings (SSSR count). The largest absolute Gasteiger partial charge is 0.493 e. The molecular formula is C28H25N3O3S. The Labute approximate surface area is 207 Å². The lowest BCUT2D eigenvalue weighted by Crippen LogP contribution is -2.31. The van der Waals surface area contributed by atoms with E-state index in [9.17, 15) is 4.79 Å². The summed E-state index contributed by atoms with van der Waals surface area (Å²) in [5.74, 6) is 1.07. The van der Waals surface area contributed by atoms with E-state index in [0.29, 0.717) is 35.4 Å². The lowest BCUT2D eigenvalue weighted by Gasteiger charge is -2.22. The Bertz CT molecular complexity index is 1480. The van der Waals surface area contributed by atoms with Crippen molar-refractivity contribution in [1.29, 1.82) is 0 Å². The number of carbonyl (C=O) groups is 1. The molecule has 0 radical (unpaired) electrons. The average molecular weight is 484 g/mol. The van der Waals surface area contributed by atoms with Gasteiger partial charge in [-0.25, -0.2) is 4.98 Å². The predicted molar refractivity (Wildman–Crippen MR) is 141 cm³/mol. The number of fused-ring (bicyclic) bond motifs is 2. The molecule has 3 aromatic carbocycles. The van der Waals surface area contributed by atoms with Gasteiger partial charge in [0.1, 0.15) is 17.0 Å². The van der Waals surface area contributed by atoms with Crippen molar-refractivity contribution >= 4 is 43.4 Å². The van der Waals surface area contributed by atoms with E-state index in [4.69, 9.17) is 14.5 Å². The molecule has 2 heterocycles. The fourth-order valence-corrected chi connectivity index (χ4v) is 5.04. The highest BCUT2D eigenvalue weighted by Crippen LogP contribution is 2.37. The highest BCUT2D eigenvalue weighted by atomic mass is 32.1. The molecule has 6 nitrogen and oxygen atoms in total. The first-order valence-corrected chi connectivity index (χ1v) is 12.4. The molecule has 2 aromatic heterocycles. The van der Waals surface area contributed by atoms with Crippen molar-refractivity contribution in [2.45, 2.75) is 20.4 Å². The summed E-state index contributed by atoms with van der Waals surface area (Å²) in [5.41, 5.74) is 2.03. The second-order valence-corrected chi connectivity index (χ2v) is 8.85. The quantitative estimate of drug-likeness (QED) is 0.252. The van der Waals surface area contributed by atoms with E-state index < -0.39 is 0 Å². The maximum Gasteiger partial charge on any atom is 0.264 e. The van der Waals surface area contributed by atoms with Crippen LogP contribution in [0, 0.1) is 0 Å². The van der Waals surface area contributed by atoms with Gasteiger partial charge in [0.05, 0.1) is 35.7 Å². The molecule has 7 heteroatoms. The monoisotopic (exact) mass is 483 g/mol. The number of aromatic nitrogens is 2. The van der Waals surface area contributed by atoms with Gasteiger partial charge in [0.2, 0.25) is 0 Å². The summed E-state index contributed by atoms with van der Waals surface area (Å²) < 4.78 is 12.7. The van der Waals surface area contributed by atoms with Gasteiger partial charge in [-0.15, -0.1) is 0 Å². The van der Waals surface area contributed by atoms with Crippen molar-refractivity contribution < 1.29 is 14.3 Å². The third-order valence-electron chi connectivity index (χ3n) is 5.60. The number of nitrogens with zero attached hydrogens (tertiary/aromatic N) is 3. The van der Waals surface area contributed by atoms with Crippen molar-refractivity contribution in [3.05, 3.63) is 90.3 Å². The summed E-state index contributed by atoms with van der Waals surface area (Å²) >= 11 is 1.46. The van der Waals surface area contributed by atoms with Crippen LogP contribution in [0.1, 0.15) is 29.9 Å². The Morgan fingerprint density at radius 1 is 0.886 bits per heavy atom. The molecule has 0 saturated heterocycles. The third kappa shape index (κ3) is 4.55. The number of hydrogen-bond donors (Lipinski definition) is 0. The Balaban J connectivity index is 1.68. The molecule has 0 N–H and O–H groups in total. The SMILES string of the molecule is CCOc1ccc2ccccc2c1C(=O)N(Cc1ccccn1)c1nc2c(OCC)cccc2s1. The van der Waals surface area contributed by atoms with Crippen molar-refractivity contribution in [3.63, 3.8) is 0 Å². The van der Waals surface area contributed by atoms with E-state index in [1.807, 2.05) is 86.6 Å². The smallest absolute Gasteiger partial charge is 0.264 e. The number of hydrogen-bond acceptors (Lipinski definition) is 6. The van der Waals surface area contributed by atoms with E-state index in [0.717, 1.165) is 26.7 Å². The van der Waals surface area contributed by atoms with Gasteiger partial charge in [0.15, 0.2) is 5.13 Å². The van der Waals surface area contributed by atoms with Crippen LogP contribution in [-0.4, -0.2) is 29.1 Å². The molecule has 5 aromatic rings. The average Bonchev–Trinajstić information content (AvgIpc) is 3.33. The summed E-state index contributed by atoms with van der Waals surface area (Å²) in [5, 5.41) is 2.39. The van der Waals surface area contributed by atoms with Gasteiger partial charge in [-0.05, 0) is 55.0 Å². The van der Waals surface area contributed by atoms with E-state index >= 15 is 0 Å². The zero-order valence-corrected chi connectivity index (χ0v) is 20.4. The van der Waals surface area contributed by atoms with Crippen LogP contribution in [0.2, 0.25) is 0 Å². The van der Waals surface area contributed by atoms with Crippen LogP contribution in [0.5, 0.6) is 11.5 Å². The summed E-state index contributed by atoms with van der Waals surface area (Å²) in [4.78, 5) is 25.3. The molecule has 0 aliphatic carbocycles. The van der Waals surface area contributed by atoms with Gasteiger partial charge in [-0.1, -0.05) is 53.8 Å². The zero-order valence-electron chi connectivity index (χ0n) is 19.6. The Morgan fingerprint density at radius 3 is 2.49 bits per heavy atom. The van der Waals surface area contributed by atoms with Gasteiger partial charge in [0.25, 0.3) is 5.91 Å². The van der Waals surface area contributed by atoms with Gasteiger partial charge < -0.3 is 9.47 Å². The zero-order chi connectivity index (χ0) is 24.2. The van der Waals surface area contributed by atoms with Crippen LogP contribution in [0.4, 0.5) is 5.13 Å². The number of anilines is 1. The molecule has 0 spiro atoms. The second kappa shape index (κ2) is 10.1. The molecule has 0 aliphatic rings. The van der Waals surface area contributed by atoms with Crippen molar-refractivity contribution in [2.75, 3.05) is 18.1 Å². The Hall–Kier alpha value is -3.97. The van der Waals surface area contributed by atoms with E-state index in [-0.39, 0.29) is 12.5 Å². The number of ether oxygens (including phenoxy) is 2. The maximum absolute atomic E-state index is 14.3. The fraction of sp³-hybridized carbons (Fsp3) is 0.179. The molecule has 35 heavy (non-hydrogen) atoms. The first-order valence-electron chi connectivity index (χ1n) is 11.6. The van der Waals surface area contributed by atoms with Crippen LogP contribution in [0.15, 0.2) is 79.0 Å². The normalized spacial score (nSPS) is 11.0. The number of rotatable bonds is 8. The number of amides is 1. The maximum atomic E-state index is 14.3. The van der Waals surface area contributed by atoms with Crippen molar-refractivity contribution in [3.8, 4) is 11.5 Å². The lowest BCUT2D eigenvalue weighted by atomic mass is 10.0. The van der Waals surface area contributed by atoms with Crippen molar-refractivity contribution in [2.24, 2.45) is 0 Å².